The van der Waals surface area contributed by atoms with E-state index < -0.39 is 0 Å². The lowest BCUT2D eigenvalue weighted by Gasteiger charge is -2.37. The van der Waals surface area contributed by atoms with Crippen molar-refractivity contribution in [3.8, 4) is 0 Å². The van der Waals surface area contributed by atoms with E-state index in [4.69, 9.17) is 4.74 Å². The van der Waals surface area contributed by atoms with Gasteiger partial charge in [-0.15, -0.1) is 0 Å². The number of morpholine rings is 1. The molecule has 2 fully saturated rings. The zero-order chi connectivity index (χ0) is 17.5. The molecule has 0 aromatic carbocycles. The molecule has 2 aliphatic heterocycles. The van der Waals surface area contributed by atoms with Gasteiger partial charge in [0.25, 0.3) is 0 Å². The van der Waals surface area contributed by atoms with Crippen molar-refractivity contribution >= 4 is 5.91 Å². The van der Waals surface area contributed by atoms with Gasteiger partial charge in [-0.1, -0.05) is 20.8 Å². The Morgan fingerprint density at radius 2 is 1.62 bits per heavy atom. The van der Waals surface area contributed by atoms with Crippen molar-refractivity contribution in [2.24, 2.45) is 5.92 Å². The third kappa shape index (κ3) is 5.69. The number of carbonyl (C=O) groups is 1. The Morgan fingerprint density at radius 1 is 1.00 bits per heavy atom. The van der Waals surface area contributed by atoms with Gasteiger partial charge in [0.1, 0.15) is 0 Å². The fourth-order valence-electron chi connectivity index (χ4n) is 3.47. The first-order chi connectivity index (χ1) is 11.5. The number of likely N-dealkylation sites (N-methyl/N-ethyl adjacent to an activating group) is 1. The third-order valence-corrected chi connectivity index (χ3v) is 5.33. The van der Waals surface area contributed by atoms with Crippen molar-refractivity contribution in [2.45, 2.75) is 39.8 Å². The van der Waals surface area contributed by atoms with Crippen molar-refractivity contribution in [3.63, 3.8) is 0 Å². The maximum Gasteiger partial charge on any atom is 0.239 e. The average molecular weight is 341 g/mol. The van der Waals surface area contributed by atoms with E-state index in [0.717, 1.165) is 65.6 Å². The van der Waals surface area contributed by atoms with Gasteiger partial charge in [-0.2, -0.15) is 0 Å². The number of piperazine rings is 1. The topological polar surface area (TPSA) is 48.0 Å². The lowest BCUT2D eigenvalue weighted by molar-refractivity contribution is -0.135. The predicted octanol–water partition coefficient (Wildman–Crippen LogP) is 0.485. The smallest absolute Gasteiger partial charge is 0.239 e. The Morgan fingerprint density at radius 3 is 2.17 bits per heavy atom. The number of amides is 1. The Bertz CT molecular complexity index is 377. The second-order valence-electron chi connectivity index (χ2n) is 7.41. The number of hydrogen-bond donors (Lipinski definition) is 1. The van der Waals surface area contributed by atoms with E-state index in [2.05, 4.69) is 35.9 Å². The van der Waals surface area contributed by atoms with Crippen molar-refractivity contribution in [2.75, 3.05) is 65.6 Å². The molecule has 24 heavy (non-hydrogen) atoms. The summed E-state index contributed by atoms with van der Waals surface area (Å²) in [6, 6.07) is 0.214. The standard InChI is InChI=1S/C18H36N4O2/c1-5-20-6-8-22(9-7-20)18(23)16(4)19-17(15(2)3)14-21-10-12-24-13-11-21/h15-17,19H,5-14H2,1-4H3/t16-,17+/m1/s1. The van der Waals surface area contributed by atoms with Gasteiger partial charge < -0.3 is 19.9 Å². The van der Waals surface area contributed by atoms with Crippen molar-refractivity contribution in [1.82, 2.24) is 20.0 Å². The van der Waals surface area contributed by atoms with Crippen LogP contribution in [0.2, 0.25) is 0 Å². The molecule has 2 heterocycles. The van der Waals surface area contributed by atoms with Gasteiger partial charge in [-0.25, -0.2) is 0 Å². The molecule has 0 unspecified atom stereocenters. The maximum absolute atomic E-state index is 12.8. The third-order valence-electron chi connectivity index (χ3n) is 5.33. The summed E-state index contributed by atoms with van der Waals surface area (Å²) in [6.07, 6.45) is 0. The summed E-state index contributed by atoms with van der Waals surface area (Å²) in [4.78, 5) is 19.6. The van der Waals surface area contributed by atoms with Crippen molar-refractivity contribution in [3.05, 3.63) is 0 Å². The first-order valence-electron chi connectivity index (χ1n) is 9.58. The van der Waals surface area contributed by atoms with Gasteiger partial charge in [0, 0.05) is 51.9 Å². The van der Waals surface area contributed by atoms with E-state index in [-0.39, 0.29) is 11.9 Å². The molecule has 0 saturated carbocycles. The van der Waals surface area contributed by atoms with Crippen LogP contribution < -0.4 is 5.32 Å². The molecule has 1 N–H and O–H groups in total. The monoisotopic (exact) mass is 340 g/mol. The molecule has 0 spiro atoms. The second kappa shape index (κ2) is 9.70. The van der Waals surface area contributed by atoms with Gasteiger partial charge in [0.2, 0.25) is 5.91 Å². The quantitative estimate of drug-likeness (QED) is 0.731. The van der Waals surface area contributed by atoms with Crippen LogP contribution in [0, 0.1) is 5.92 Å². The molecule has 2 rings (SSSR count). The number of nitrogens with zero attached hydrogens (tertiary/aromatic N) is 3. The molecular formula is C18H36N4O2. The number of ether oxygens (including phenoxy) is 1. The fourth-order valence-corrected chi connectivity index (χ4v) is 3.47. The Balaban J connectivity index is 1.82. The highest BCUT2D eigenvalue weighted by Crippen LogP contribution is 2.10. The van der Waals surface area contributed by atoms with E-state index in [1.54, 1.807) is 0 Å². The van der Waals surface area contributed by atoms with E-state index in [1.165, 1.54) is 0 Å². The van der Waals surface area contributed by atoms with Crippen LogP contribution in [0.15, 0.2) is 0 Å². The zero-order valence-corrected chi connectivity index (χ0v) is 16.0. The minimum Gasteiger partial charge on any atom is -0.379 e. The first-order valence-corrected chi connectivity index (χ1v) is 9.58. The summed E-state index contributed by atoms with van der Waals surface area (Å²) in [5.74, 6) is 0.749. The highest BCUT2D eigenvalue weighted by atomic mass is 16.5. The average Bonchev–Trinajstić information content (AvgIpc) is 2.61. The van der Waals surface area contributed by atoms with Crippen molar-refractivity contribution in [1.29, 1.82) is 0 Å². The molecule has 2 aliphatic rings. The molecule has 140 valence electrons. The molecular weight excluding hydrogens is 304 g/mol. The molecule has 0 aromatic rings. The van der Waals surface area contributed by atoms with E-state index >= 15 is 0 Å². The van der Waals surface area contributed by atoms with Gasteiger partial charge in [-0.3, -0.25) is 9.69 Å². The van der Waals surface area contributed by atoms with Crippen LogP contribution in [0.4, 0.5) is 0 Å². The largest absolute Gasteiger partial charge is 0.379 e. The summed E-state index contributed by atoms with van der Waals surface area (Å²) in [5.41, 5.74) is 0. The number of carbonyl (C=O) groups excluding carboxylic acids is 1. The molecule has 0 aliphatic carbocycles. The van der Waals surface area contributed by atoms with Crippen LogP contribution in [0.5, 0.6) is 0 Å². The maximum atomic E-state index is 12.8. The number of hydrogen-bond acceptors (Lipinski definition) is 5. The van der Waals surface area contributed by atoms with Crippen LogP contribution in [-0.2, 0) is 9.53 Å². The predicted molar refractivity (Wildman–Crippen MR) is 97.2 cm³/mol. The van der Waals surface area contributed by atoms with E-state index in [9.17, 15) is 4.79 Å². The summed E-state index contributed by atoms with van der Waals surface area (Å²) < 4.78 is 5.43. The molecule has 2 saturated heterocycles. The summed E-state index contributed by atoms with van der Waals surface area (Å²) in [5, 5.41) is 3.60. The normalized spacial score (nSPS) is 23.5. The summed E-state index contributed by atoms with van der Waals surface area (Å²) in [7, 11) is 0. The SMILES string of the molecule is CCN1CCN(C(=O)[C@@H](C)N[C@@H](CN2CCOCC2)C(C)C)CC1. The van der Waals surface area contributed by atoms with Crippen LogP contribution >= 0.6 is 0 Å². The summed E-state index contributed by atoms with van der Waals surface area (Å²) >= 11 is 0. The molecule has 0 radical (unpaired) electrons. The number of rotatable bonds is 7. The van der Waals surface area contributed by atoms with Crippen LogP contribution in [0.25, 0.3) is 0 Å². The van der Waals surface area contributed by atoms with E-state index in [1.807, 2.05) is 11.8 Å². The Labute approximate surface area is 147 Å². The van der Waals surface area contributed by atoms with Crippen LogP contribution in [-0.4, -0.2) is 98.3 Å². The van der Waals surface area contributed by atoms with Crippen LogP contribution in [0.1, 0.15) is 27.7 Å². The highest BCUT2D eigenvalue weighted by Gasteiger charge is 2.27. The van der Waals surface area contributed by atoms with Crippen LogP contribution in [0.3, 0.4) is 0 Å². The fraction of sp³-hybridized carbons (Fsp3) is 0.944. The van der Waals surface area contributed by atoms with Crippen molar-refractivity contribution < 1.29 is 9.53 Å². The lowest BCUT2D eigenvalue weighted by atomic mass is 10.0. The highest BCUT2D eigenvalue weighted by molar-refractivity contribution is 5.81. The minimum atomic E-state index is -0.119. The second-order valence-corrected chi connectivity index (χ2v) is 7.41. The molecule has 2 atom stereocenters. The van der Waals surface area contributed by atoms with Gasteiger partial charge >= 0.3 is 0 Å². The lowest BCUT2D eigenvalue weighted by Crippen LogP contribution is -2.57. The minimum absolute atomic E-state index is 0.119. The molecule has 1 amide bonds. The van der Waals surface area contributed by atoms with Gasteiger partial charge in [0.05, 0.1) is 19.3 Å². The number of nitrogens with one attached hydrogen (secondary N) is 1. The van der Waals surface area contributed by atoms with Gasteiger partial charge in [-0.05, 0) is 19.4 Å². The van der Waals surface area contributed by atoms with Gasteiger partial charge in [0.15, 0.2) is 0 Å². The Hall–Kier alpha value is -0.690. The molecule has 6 heteroatoms. The molecule has 0 bridgehead atoms. The molecule has 0 aromatic heterocycles. The zero-order valence-electron chi connectivity index (χ0n) is 16.0. The first kappa shape index (κ1) is 19.6. The van der Waals surface area contributed by atoms with E-state index in [0.29, 0.717) is 12.0 Å². The molecule has 6 nitrogen and oxygen atoms in total. The summed E-state index contributed by atoms with van der Waals surface area (Å²) in [6.45, 7) is 18.1. The Kier molecular flexibility index (Phi) is 7.94.